The van der Waals surface area contributed by atoms with Crippen LogP contribution in [0.1, 0.15) is 60.3 Å². The minimum Gasteiger partial charge on any atom is -0.393 e. The van der Waals surface area contributed by atoms with Crippen LogP contribution in [0.2, 0.25) is 0 Å². The zero-order valence-corrected chi connectivity index (χ0v) is 12.0. The van der Waals surface area contributed by atoms with Gasteiger partial charge in [-0.15, -0.1) is 0 Å². The third-order valence-electron chi connectivity index (χ3n) is 3.25. The van der Waals surface area contributed by atoms with E-state index in [0.717, 1.165) is 32.3 Å². The summed E-state index contributed by atoms with van der Waals surface area (Å²) < 4.78 is 5.66. The van der Waals surface area contributed by atoms with Crippen molar-refractivity contribution in [1.29, 1.82) is 0 Å². The van der Waals surface area contributed by atoms with E-state index in [-0.39, 0.29) is 23.3 Å². The fourth-order valence-corrected chi connectivity index (χ4v) is 2.79. The summed E-state index contributed by atoms with van der Waals surface area (Å²) in [6, 6.07) is 0. The molecule has 0 aliphatic heterocycles. The maximum absolute atomic E-state index is 9.79. The van der Waals surface area contributed by atoms with Crippen LogP contribution in [0.3, 0.4) is 0 Å². The molecule has 2 N–H and O–H groups in total. The van der Waals surface area contributed by atoms with Crippen LogP contribution in [0.5, 0.6) is 0 Å². The first kappa shape index (κ1) is 14.9. The third-order valence-corrected chi connectivity index (χ3v) is 3.25. The molecule has 3 nitrogen and oxygen atoms in total. The molecule has 1 fully saturated rings. The number of aliphatic hydroxyl groups excluding tert-OH is 1. The molecule has 0 aromatic carbocycles. The molecule has 1 saturated carbocycles. The van der Waals surface area contributed by atoms with Gasteiger partial charge in [0.05, 0.1) is 12.2 Å². The smallest absolute Gasteiger partial charge is 0.0558 e. The number of ether oxygens (including phenoxy) is 1. The van der Waals surface area contributed by atoms with Crippen molar-refractivity contribution < 1.29 is 9.84 Å². The second-order valence-corrected chi connectivity index (χ2v) is 6.72. The maximum Gasteiger partial charge on any atom is 0.0558 e. The first-order chi connectivity index (χ1) is 7.72. The van der Waals surface area contributed by atoms with E-state index in [1.54, 1.807) is 0 Å². The Hall–Kier alpha value is -0.120. The maximum atomic E-state index is 9.79. The Bertz CT molecular complexity index is 235. The predicted octanol–water partition coefficient (Wildman–Crippen LogP) is 2.47. The largest absolute Gasteiger partial charge is 0.393 e. The second kappa shape index (κ2) is 5.68. The number of aliphatic hydroxyl groups is 1. The van der Waals surface area contributed by atoms with E-state index in [4.69, 9.17) is 4.74 Å². The summed E-state index contributed by atoms with van der Waals surface area (Å²) in [6.45, 7) is 11.4. The lowest BCUT2D eigenvalue weighted by molar-refractivity contribution is 0.0527. The highest BCUT2D eigenvalue weighted by Crippen LogP contribution is 2.34. The Morgan fingerprint density at radius 1 is 1.41 bits per heavy atom. The molecule has 1 aliphatic rings. The standard InChI is InChI=1S/C14H29NO2/c1-11(2)17-9-8-14(15-13(3,4)5)7-6-12(16)10-14/h11-12,15-16H,6-10H2,1-5H3. The van der Waals surface area contributed by atoms with Gasteiger partial charge in [0.25, 0.3) is 0 Å². The Labute approximate surface area is 106 Å². The van der Waals surface area contributed by atoms with Crippen molar-refractivity contribution in [2.24, 2.45) is 0 Å². The molecule has 0 radical (unpaired) electrons. The van der Waals surface area contributed by atoms with Crippen molar-refractivity contribution in [1.82, 2.24) is 5.32 Å². The van der Waals surface area contributed by atoms with Crippen molar-refractivity contribution in [3.05, 3.63) is 0 Å². The highest BCUT2D eigenvalue weighted by atomic mass is 16.5. The van der Waals surface area contributed by atoms with Crippen LogP contribution < -0.4 is 5.32 Å². The SMILES string of the molecule is CC(C)OCCC1(NC(C)(C)C)CCC(O)C1. The lowest BCUT2D eigenvalue weighted by Crippen LogP contribution is -2.53. The summed E-state index contributed by atoms with van der Waals surface area (Å²) in [7, 11) is 0. The molecule has 3 heteroatoms. The fraction of sp³-hybridized carbons (Fsp3) is 1.00. The lowest BCUT2D eigenvalue weighted by atomic mass is 9.90. The van der Waals surface area contributed by atoms with Crippen LogP contribution in [0.4, 0.5) is 0 Å². The number of rotatable bonds is 5. The predicted molar refractivity (Wildman–Crippen MR) is 71.2 cm³/mol. The molecule has 17 heavy (non-hydrogen) atoms. The van der Waals surface area contributed by atoms with Crippen molar-refractivity contribution in [3.63, 3.8) is 0 Å². The molecule has 2 unspecified atom stereocenters. The number of hydrogen-bond acceptors (Lipinski definition) is 3. The summed E-state index contributed by atoms with van der Waals surface area (Å²) in [5.41, 5.74) is 0.147. The summed E-state index contributed by atoms with van der Waals surface area (Å²) >= 11 is 0. The van der Waals surface area contributed by atoms with E-state index < -0.39 is 0 Å². The van der Waals surface area contributed by atoms with Crippen LogP contribution in [-0.2, 0) is 4.74 Å². The summed E-state index contributed by atoms with van der Waals surface area (Å²) in [5, 5.41) is 13.5. The Morgan fingerprint density at radius 3 is 2.47 bits per heavy atom. The van der Waals surface area contributed by atoms with E-state index in [1.807, 2.05) is 0 Å². The van der Waals surface area contributed by atoms with Crippen LogP contribution in [0, 0.1) is 0 Å². The van der Waals surface area contributed by atoms with Crippen molar-refractivity contribution >= 4 is 0 Å². The zero-order chi connectivity index (χ0) is 13.1. The number of hydrogen-bond donors (Lipinski definition) is 2. The van der Waals surface area contributed by atoms with Crippen molar-refractivity contribution in [2.45, 2.75) is 83.6 Å². The third kappa shape index (κ3) is 5.36. The van der Waals surface area contributed by atoms with Gasteiger partial charge >= 0.3 is 0 Å². The fourth-order valence-electron chi connectivity index (χ4n) is 2.79. The topological polar surface area (TPSA) is 41.5 Å². The van der Waals surface area contributed by atoms with Gasteiger partial charge in [-0.1, -0.05) is 0 Å². The average Bonchev–Trinajstić information content (AvgIpc) is 2.43. The zero-order valence-electron chi connectivity index (χ0n) is 12.0. The van der Waals surface area contributed by atoms with Gasteiger partial charge in [0.2, 0.25) is 0 Å². The molecule has 0 bridgehead atoms. The van der Waals surface area contributed by atoms with Gasteiger partial charge in [-0.3, -0.25) is 0 Å². The molecule has 0 heterocycles. The molecule has 0 aromatic rings. The molecule has 1 rings (SSSR count). The van der Waals surface area contributed by atoms with Gasteiger partial charge in [0.15, 0.2) is 0 Å². The minimum absolute atomic E-state index is 0.0621. The molecular weight excluding hydrogens is 214 g/mol. The quantitative estimate of drug-likeness (QED) is 0.779. The summed E-state index contributed by atoms with van der Waals surface area (Å²) in [4.78, 5) is 0. The molecule has 102 valence electrons. The molecule has 0 amide bonds. The molecule has 1 aliphatic carbocycles. The van der Waals surface area contributed by atoms with Crippen LogP contribution in [-0.4, -0.2) is 35.0 Å². The Morgan fingerprint density at radius 2 is 2.06 bits per heavy atom. The van der Waals surface area contributed by atoms with E-state index in [9.17, 15) is 5.11 Å². The summed E-state index contributed by atoms with van der Waals surface area (Å²) in [6.07, 6.45) is 3.93. The number of nitrogens with one attached hydrogen (secondary N) is 1. The van der Waals surface area contributed by atoms with E-state index in [0.29, 0.717) is 0 Å². The first-order valence-electron chi connectivity index (χ1n) is 6.81. The van der Waals surface area contributed by atoms with Gasteiger partial charge in [-0.2, -0.15) is 0 Å². The van der Waals surface area contributed by atoms with Gasteiger partial charge in [-0.05, 0) is 60.3 Å². The Balaban J connectivity index is 2.54. The highest BCUT2D eigenvalue weighted by molar-refractivity contribution is 4.99. The van der Waals surface area contributed by atoms with Crippen molar-refractivity contribution in [2.75, 3.05) is 6.61 Å². The van der Waals surface area contributed by atoms with E-state index in [2.05, 4.69) is 39.9 Å². The van der Waals surface area contributed by atoms with E-state index in [1.165, 1.54) is 0 Å². The van der Waals surface area contributed by atoms with Gasteiger partial charge in [-0.25, -0.2) is 0 Å². The van der Waals surface area contributed by atoms with E-state index >= 15 is 0 Å². The van der Waals surface area contributed by atoms with Gasteiger partial charge < -0.3 is 15.2 Å². The molecule has 0 spiro atoms. The molecule has 0 saturated heterocycles. The molecule has 2 atom stereocenters. The van der Waals surface area contributed by atoms with Crippen LogP contribution >= 0.6 is 0 Å². The summed E-state index contributed by atoms with van der Waals surface area (Å²) in [5.74, 6) is 0. The minimum atomic E-state index is -0.149. The average molecular weight is 243 g/mol. The van der Waals surface area contributed by atoms with Crippen LogP contribution in [0.15, 0.2) is 0 Å². The molecular formula is C14H29NO2. The molecule has 0 aromatic heterocycles. The van der Waals surface area contributed by atoms with Crippen LogP contribution in [0.25, 0.3) is 0 Å². The highest BCUT2D eigenvalue weighted by Gasteiger charge is 2.40. The van der Waals surface area contributed by atoms with Crippen molar-refractivity contribution in [3.8, 4) is 0 Å². The van der Waals surface area contributed by atoms with Gasteiger partial charge in [0, 0.05) is 17.7 Å². The Kier molecular flexibility index (Phi) is 4.99. The second-order valence-electron chi connectivity index (χ2n) is 6.72. The lowest BCUT2D eigenvalue weighted by Gasteiger charge is -2.38. The first-order valence-corrected chi connectivity index (χ1v) is 6.81. The van der Waals surface area contributed by atoms with Gasteiger partial charge in [0.1, 0.15) is 0 Å². The normalized spacial score (nSPS) is 30.2. The monoisotopic (exact) mass is 243 g/mol.